The lowest BCUT2D eigenvalue weighted by atomic mass is 9.86. The SMILES string of the molecule is C[C@H](C(N)=O)C1NC(=S)N(CF)C=CC1CC(F)(F)F. The minimum absolute atomic E-state index is 0.0773. The van der Waals surface area contributed by atoms with Crippen LogP contribution in [0.5, 0.6) is 0 Å². The fourth-order valence-corrected chi connectivity index (χ4v) is 2.21. The molecule has 3 atom stereocenters. The molecule has 1 aliphatic rings. The summed E-state index contributed by atoms with van der Waals surface area (Å²) in [6.07, 6.45) is -3.22. The number of nitrogens with one attached hydrogen (secondary N) is 1. The van der Waals surface area contributed by atoms with Gasteiger partial charge in [0.1, 0.15) is 0 Å². The maximum absolute atomic E-state index is 12.7. The summed E-state index contributed by atoms with van der Waals surface area (Å²) < 4.78 is 50.5. The third-order valence-electron chi connectivity index (χ3n) is 3.11. The minimum Gasteiger partial charge on any atom is -0.369 e. The predicted molar refractivity (Wildman–Crippen MR) is 69.0 cm³/mol. The van der Waals surface area contributed by atoms with Gasteiger partial charge in [0.15, 0.2) is 11.9 Å². The number of nitrogens with two attached hydrogens (primary N) is 1. The molecule has 0 radical (unpaired) electrons. The summed E-state index contributed by atoms with van der Waals surface area (Å²) in [5.41, 5.74) is 5.14. The van der Waals surface area contributed by atoms with Crippen LogP contribution in [0.1, 0.15) is 13.3 Å². The summed E-state index contributed by atoms with van der Waals surface area (Å²) >= 11 is 4.88. The van der Waals surface area contributed by atoms with E-state index in [0.29, 0.717) is 0 Å². The second-order valence-corrected chi connectivity index (χ2v) is 4.97. The molecule has 0 spiro atoms. The van der Waals surface area contributed by atoms with Crippen LogP contribution in [0.4, 0.5) is 17.6 Å². The third-order valence-corrected chi connectivity index (χ3v) is 3.46. The highest BCUT2D eigenvalue weighted by atomic mass is 32.1. The van der Waals surface area contributed by atoms with Crippen LogP contribution in [-0.4, -0.2) is 34.9 Å². The van der Waals surface area contributed by atoms with Gasteiger partial charge in [-0.2, -0.15) is 13.2 Å². The third kappa shape index (κ3) is 4.32. The Hall–Kier alpha value is -1.38. The zero-order valence-electron chi connectivity index (χ0n) is 10.7. The number of amides is 1. The summed E-state index contributed by atoms with van der Waals surface area (Å²) in [6, 6.07) is -0.936. The molecule has 114 valence electrons. The Morgan fingerprint density at radius 3 is 2.65 bits per heavy atom. The first-order chi connectivity index (χ1) is 9.15. The summed E-state index contributed by atoms with van der Waals surface area (Å²) in [6.45, 7) is 0.434. The molecule has 0 aromatic carbocycles. The monoisotopic (exact) mass is 313 g/mol. The molecular weight excluding hydrogens is 298 g/mol. The average molecular weight is 313 g/mol. The van der Waals surface area contributed by atoms with Gasteiger partial charge in [-0.05, 0) is 12.2 Å². The van der Waals surface area contributed by atoms with E-state index in [2.05, 4.69) is 5.32 Å². The van der Waals surface area contributed by atoms with E-state index >= 15 is 0 Å². The van der Waals surface area contributed by atoms with Crippen molar-refractivity contribution in [2.45, 2.75) is 25.6 Å². The number of alkyl halides is 4. The molecule has 0 fully saturated rings. The Balaban J connectivity index is 3.04. The Kier molecular flexibility index (Phi) is 5.32. The number of carbonyl (C=O) groups excluding carboxylic acids is 1. The van der Waals surface area contributed by atoms with Crippen LogP contribution in [0.25, 0.3) is 0 Å². The first-order valence-electron chi connectivity index (χ1n) is 5.83. The smallest absolute Gasteiger partial charge is 0.369 e. The molecule has 1 amide bonds. The maximum Gasteiger partial charge on any atom is 0.389 e. The van der Waals surface area contributed by atoms with Gasteiger partial charge in [0.2, 0.25) is 5.91 Å². The molecule has 0 aromatic rings. The van der Waals surface area contributed by atoms with E-state index in [0.717, 1.165) is 11.1 Å². The second kappa shape index (κ2) is 6.38. The van der Waals surface area contributed by atoms with Gasteiger partial charge in [0, 0.05) is 18.2 Å². The van der Waals surface area contributed by atoms with Crippen molar-refractivity contribution in [3.63, 3.8) is 0 Å². The minimum atomic E-state index is -4.42. The molecule has 1 rings (SSSR count). The van der Waals surface area contributed by atoms with Crippen molar-refractivity contribution >= 4 is 23.2 Å². The lowest BCUT2D eigenvalue weighted by molar-refractivity contribution is -0.145. The Labute approximate surface area is 119 Å². The Morgan fingerprint density at radius 1 is 1.60 bits per heavy atom. The molecule has 0 bridgehead atoms. The van der Waals surface area contributed by atoms with Gasteiger partial charge in [-0.25, -0.2) is 4.39 Å². The van der Waals surface area contributed by atoms with E-state index in [9.17, 15) is 22.4 Å². The van der Waals surface area contributed by atoms with Crippen LogP contribution < -0.4 is 11.1 Å². The molecule has 2 unspecified atom stereocenters. The fourth-order valence-electron chi connectivity index (χ4n) is 1.96. The molecule has 0 saturated carbocycles. The Bertz CT molecular complexity index is 413. The van der Waals surface area contributed by atoms with Crippen molar-refractivity contribution in [1.29, 1.82) is 0 Å². The molecule has 9 heteroatoms. The molecule has 4 nitrogen and oxygen atoms in total. The first kappa shape index (κ1) is 16.7. The highest BCUT2D eigenvalue weighted by molar-refractivity contribution is 7.80. The summed E-state index contributed by atoms with van der Waals surface area (Å²) in [7, 11) is 0. The molecule has 1 heterocycles. The van der Waals surface area contributed by atoms with E-state index in [1.54, 1.807) is 0 Å². The van der Waals surface area contributed by atoms with Gasteiger partial charge in [-0.3, -0.25) is 9.69 Å². The predicted octanol–water partition coefficient (Wildman–Crippen LogP) is 1.68. The van der Waals surface area contributed by atoms with Gasteiger partial charge >= 0.3 is 6.18 Å². The van der Waals surface area contributed by atoms with Gasteiger partial charge in [0.25, 0.3) is 0 Å². The molecule has 1 aliphatic heterocycles. The average Bonchev–Trinajstić information content (AvgIpc) is 2.46. The number of carbonyl (C=O) groups is 1. The van der Waals surface area contributed by atoms with E-state index in [1.165, 1.54) is 13.0 Å². The normalized spacial score (nSPS) is 25.1. The van der Waals surface area contributed by atoms with Crippen LogP contribution in [-0.2, 0) is 4.79 Å². The summed E-state index contributed by atoms with van der Waals surface area (Å²) in [5, 5.41) is 2.51. The first-order valence-corrected chi connectivity index (χ1v) is 6.24. The zero-order chi connectivity index (χ0) is 15.5. The number of rotatable bonds is 4. The van der Waals surface area contributed by atoms with Crippen molar-refractivity contribution in [2.75, 3.05) is 6.80 Å². The van der Waals surface area contributed by atoms with Crippen LogP contribution >= 0.6 is 12.2 Å². The molecule has 20 heavy (non-hydrogen) atoms. The summed E-state index contributed by atoms with van der Waals surface area (Å²) in [4.78, 5) is 12.2. The van der Waals surface area contributed by atoms with Crippen LogP contribution in [0.3, 0.4) is 0 Å². The molecule has 0 saturated heterocycles. The molecule has 0 aliphatic carbocycles. The number of halogens is 4. The Morgan fingerprint density at radius 2 is 2.20 bits per heavy atom. The van der Waals surface area contributed by atoms with Crippen LogP contribution in [0, 0.1) is 11.8 Å². The second-order valence-electron chi connectivity index (χ2n) is 4.58. The van der Waals surface area contributed by atoms with Crippen LogP contribution in [0.15, 0.2) is 12.3 Å². The van der Waals surface area contributed by atoms with Crippen molar-refractivity contribution in [3.05, 3.63) is 12.3 Å². The summed E-state index contributed by atoms with van der Waals surface area (Å²) in [5.74, 6) is -2.70. The number of hydrogen-bond donors (Lipinski definition) is 2. The lowest BCUT2D eigenvalue weighted by Crippen LogP contribution is -2.50. The van der Waals surface area contributed by atoms with E-state index in [1.807, 2.05) is 0 Å². The van der Waals surface area contributed by atoms with Crippen LogP contribution in [0.2, 0.25) is 0 Å². The van der Waals surface area contributed by atoms with E-state index in [4.69, 9.17) is 18.0 Å². The zero-order valence-corrected chi connectivity index (χ0v) is 11.5. The largest absolute Gasteiger partial charge is 0.389 e. The maximum atomic E-state index is 12.7. The number of nitrogens with zero attached hydrogens (tertiary/aromatic N) is 1. The van der Waals surface area contributed by atoms with E-state index < -0.39 is 43.2 Å². The quantitative estimate of drug-likeness (QED) is 0.471. The molecule has 0 aromatic heterocycles. The molecular formula is C11H15F4N3OS. The van der Waals surface area contributed by atoms with Crippen molar-refractivity contribution in [1.82, 2.24) is 10.2 Å². The molecule has 3 N–H and O–H groups in total. The fraction of sp³-hybridized carbons (Fsp3) is 0.636. The van der Waals surface area contributed by atoms with Gasteiger partial charge in [0.05, 0.1) is 12.3 Å². The highest BCUT2D eigenvalue weighted by Crippen LogP contribution is 2.31. The highest BCUT2D eigenvalue weighted by Gasteiger charge is 2.39. The standard InChI is InChI=1S/C11H15F4N3OS/c1-6(9(16)19)8-7(4-11(13,14)15)2-3-18(5-12)10(20)17-8/h2-3,6-8H,4-5H2,1H3,(H2,16,19)(H,17,20)/t6-,7?,8?/m0/s1. The van der Waals surface area contributed by atoms with Crippen molar-refractivity contribution < 1.29 is 22.4 Å². The lowest BCUT2D eigenvalue weighted by Gasteiger charge is -2.29. The van der Waals surface area contributed by atoms with E-state index in [-0.39, 0.29) is 5.11 Å². The van der Waals surface area contributed by atoms with Gasteiger partial charge in [-0.1, -0.05) is 13.0 Å². The van der Waals surface area contributed by atoms with Gasteiger partial charge in [-0.15, -0.1) is 0 Å². The number of hydrogen-bond acceptors (Lipinski definition) is 2. The number of thiocarbonyl (C=S) groups is 1. The van der Waals surface area contributed by atoms with Crippen molar-refractivity contribution in [2.24, 2.45) is 17.6 Å². The van der Waals surface area contributed by atoms with Crippen molar-refractivity contribution in [3.8, 4) is 0 Å². The number of primary amides is 1. The van der Waals surface area contributed by atoms with Gasteiger partial charge < -0.3 is 11.1 Å². The topological polar surface area (TPSA) is 58.4 Å².